The highest BCUT2D eigenvalue weighted by Crippen LogP contribution is 2.42. The van der Waals surface area contributed by atoms with Gasteiger partial charge in [0.2, 0.25) is 0 Å². The van der Waals surface area contributed by atoms with Crippen molar-refractivity contribution in [3.05, 3.63) is 35.6 Å². The van der Waals surface area contributed by atoms with Crippen molar-refractivity contribution in [3.8, 4) is 0 Å². The number of carbonyl (C=O) groups excluding carboxylic acids is 1. The molecular weight excluding hydrogens is 271 g/mol. The summed E-state index contributed by atoms with van der Waals surface area (Å²) in [4.78, 5) is 12.0. The number of hydrogen-bond donors (Lipinski definition) is 3. The third-order valence-corrected chi connectivity index (χ3v) is 4.62. The van der Waals surface area contributed by atoms with E-state index >= 15 is 0 Å². The zero-order chi connectivity index (χ0) is 15.0. The molecule has 5 heteroatoms. The van der Waals surface area contributed by atoms with Gasteiger partial charge in [-0.3, -0.25) is 0 Å². The van der Waals surface area contributed by atoms with Crippen molar-refractivity contribution < 1.29 is 14.3 Å². The molecule has 0 saturated heterocycles. The number of amides is 2. The monoisotopic (exact) mass is 292 g/mol. The number of aliphatic hydroxyl groups is 1. The highest BCUT2D eigenvalue weighted by Gasteiger charge is 2.44. The zero-order valence-electron chi connectivity index (χ0n) is 12.1. The fourth-order valence-electron chi connectivity index (χ4n) is 2.93. The zero-order valence-corrected chi connectivity index (χ0v) is 12.1. The summed E-state index contributed by atoms with van der Waals surface area (Å²) in [5, 5.41) is 15.2. The maximum Gasteiger partial charge on any atom is 0.315 e. The Balaban J connectivity index is 1.54. The Morgan fingerprint density at radius 3 is 2.76 bits per heavy atom. The fourth-order valence-corrected chi connectivity index (χ4v) is 2.93. The van der Waals surface area contributed by atoms with Gasteiger partial charge in [0.25, 0.3) is 0 Å². The van der Waals surface area contributed by atoms with Crippen LogP contribution >= 0.6 is 0 Å². The molecule has 3 unspecified atom stereocenters. The number of hydrogen-bond acceptors (Lipinski definition) is 2. The van der Waals surface area contributed by atoms with E-state index in [4.69, 9.17) is 0 Å². The highest BCUT2D eigenvalue weighted by atomic mass is 19.1. The molecule has 2 aliphatic carbocycles. The number of aliphatic hydroxyl groups excluding tert-OH is 1. The van der Waals surface area contributed by atoms with E-state index in [0.29, 0.717) is 11.5 Å². The van der Waals surface area contributed by atoms with Gasteiger partial charge < -0.3 is 15.7 Å². The number of rotatable bonds is 5. The van der Waals surface area contributed by atoms with E-state index in [2.05, 4.69) is 10.6 Å². The Morgan fingerprint density at radius 1 is 1.43 bits per heavy atom. The van der Waals surface area contributed by atoms with Crippen LogP contribution in [-0.2, 0) is 0 Å². The van der Waals surface area contributed by atoms with Crippen LogP contribution in [0.2, 0.25) is 0 Å². The van der Waals surface area contributed by atoms with Gasteiger partial charge in [-0.15, -0.1) is 0 Å². The summed E-state index contributed by atoms with van der Waals surface area (Å²) in [5.74, 6) is 0.193. The molecule has 0 radical (unpaired) electrons. The minimum atomic E-state index is -0.549. The smallest absolute Gasteiger partial charge is 0.315 e. The van der Waals surface area contributed by atoms with E-state index in [-0.39, 0.29) is 30.4 Å². The summed E-state index contributed by atoms with van der Waals surface area (Å²) in [6.45, 7) is 1.80. The lowest BCUT2D eigenvalue weighted by Gasteiger charge is -2.28. The van der Waals surface area contributed by atoms with Crippen LogP contribution < -0.4 is 10.6 Å². The lowest BCUT2D eigenvalue weighted by atomic mass is 9.97. The number of halogens is 1. The molecule has 4 nitrogen and oxygen atoms in total. The summed E-state index contributed by atoms with van der Waals surface area (Å²) in [6.07, 6.45) is 2.84. The second kappa shape index (κ2) is 5.30. The second-order valence-electron chi connectivity index (χ2n) is 6.42. The van der Waals surface area contributed by atoms with Gasteiger partial charge in [-0.25, -0.2) is 9.18 Å². The molecule has 2 aliphatic rings. The summed E-state index contributed by atoms with van der Waals surface area (Å²) in [7, 11) is 0. The molecule has 0 aliphatic heterocycles. The molecule has 2 fully saturated rings. The van der Waals surface area contributed by atoms with Crippen LogP contribution in [0.1, 0.15) is 37.7 Å². The lowest BCUT2D eigenvalue weighted by molar-refractivity contribution is 0.155. The van der Waals surface area contributed by atoms with Crippen molar-refractivity contribution in [2.75, 3.05) is 6.61 Å². The largest absolute Gasteiger partial charge is 0.394 e. The molecule has 0 bridgehead atoms. The molecule has 0 heterocycles. The molecule has 3 N–H and O–H groups in total. The van der Waals surface area contributed by atoms with Crippen molar-refractivity contribution in [2.45, 2.75) is 43.7 Å². The molecule has 0 spiro atoms. The van der Waals surface area contributed by atoms with Crippen molar-refractivity contribution in [1.29, 1.82) is 0 Å². The summed E-state index contributed by atoms with van der Waals surface area (Å²) in [6, 6.07) is 6.39. The average molecular weight is 292 g/mol. The Morgan fingerprint density at radius 2 is 2.14 bits per heavy atom. The van der Waals surface area contributed by atoms with E-state index in [1.54, 1.807) is 12.1 Å². The Labute approximate surface area is 123 Å². The summed E-state index contributed by atoms with van der Waals surface area (Å²) >= 11 is 0. The first-order chi connectivity index (χ1) is 10.0. The second-order valence-corrected chi connectivity index (χ2v) is 6.42. The van der Waals surface area contributed by atoms with Gasteiger partial charge >= 0.3 is 6.03 Å². The molecule has 2 saturated carbocycles. The maximum absolute atomic E-state index is 13.7. The van der Waals surface area contributed by atoms with Crippen molar-refractivity contribution >= 4 is 6.03 Å². The maximum atomic E-state index is 13.7. The summed E-state index contributed by atoms with van der Waals surface area (Å²) < 4.78 is 13.7. The third kappa shape index (κ3) is 3.02. The van der Waals surface area contributed by atoms with Gasteiger partial charge in [0.05, 0.1) is 12.1 Å². The van der Waals surface area contributed by atoms with Crippen LogP contribution in [0.3, 0.4) is 0 Å². The van der Waals surface area contributed by atoms with Crippen molar-refractivity contribution in [1.82, 2.24) is 10.6 Å². The highest BCUT2D eigenvalue weighted by molar-refractivity contribution is 5.76. The van der Waals surface area contributed by atoms with Crippen LogP contribution in [0.15, 0.2) is 24.3 Å². The standard InChI is InChI=1S/C16H21FN2O2/c1-16(9-20,10-6-7-10)19-15(21)18-14-8-12(14)11-4-2-3-5-13(11)17/h2-5,10,12,14,20H,6-9H2,1H3,(H2,18,19,21). The number of nitrogens with one attached hydrogen (secondary N) is 2. The first-order valence-electron chi connectivity index (χ1n) is 7.47. The SMILES string of the molecule is CC(CO)(NC(=O)NC1CC1c1ccccc1F)C1CC1. The minimum absolute atomic E-state index is 0.0240. The minimum Gasteiger partial charge on any atom is -0.394 e. The molecule has 114 valence electrons. The molecule has 3 rings (SSSR count). The van der Waals surface area contributed by atoms with Crippen LogP contribution in [0.4, 0.5) is 9.18 Å². The van der Waals surface area contributed by atoms with E-state index in [1.165, 1.54) is 6.07 Å². The van der Waals surface area contributed by atoms with Gasteiger partial charge in [0.15, 0.2) is 0 Å². The fraction of sp³-hybridized carbons (Fsp3) is 0.562. The number of carbonyl (C=O) groups is 1. The average Bonchev–Trinajstić information content (AvgIpc) is 3.33. The van der Waals surface area contributed by atoms with Crippen molar-refractivity contribution in [3.63, 3.8) is 0 Å². The van der Waals surface area contributed by atoms with Gasteiger partial charge in [-0.1, -0.05) is 18.2 Å². The Kier molecular flexibility index (Phi) is 3.61. The molecule has 3 atom stereocenters. The quantitative estimate of drug-likeness (QED) is 0.778. The van der Waals surface area contributed by atoms with Crippen LogP contribution in [0, 0.1) is 11.7 Å². The normalized spacial score (nSPS) is 26.8. The Bertz CT molecular complexity index is 547. The van der Waals surface area contributed by atoms with Crippen molar-refractivity contribution in [2.24, 2.45) is 5.92 Å². The molecular formula is C16H21FN2O2. The molecule has 1 aromatic carbocycles. The van der Waals surface area contributed by atoms with Gasteiger partial charge in [0.1, 0.15) is 5.82 Å². The first kappa shape index (κ1) is 14.3. The first-order valence-corrected chi connectivity index (χ1v) is 7.47. The van der Waals surface area contributed by atoms with E-state index in [9.17, 15) is 14.3 Å². The lowest BCUT2D eigenvalue weighted by Crippen LogP contribution is -2.54. The van der Waals surface area contributed by atoms with E-state index < -0.39 is 5.54 Å². The van der Waals surface area contributed by atoms with Crippen LogP contribution in [-0.4, -0.2) is 29.3 Å². The Hall–Kier alpha value is -1.62. The summed E-state index contributed by atoms with van der Waals surface area (Å²) in [5.41, 5.74) is 0.113. The van der Waals surface area contributed by atoms with Gasteiger partial charge in [-0.05, 0) is 43.7 Å². The molecule has 1 aromatic rings. The van der Waals surface area contributed by atoms with Gasteiger partial charge in [-0.2, -0.15) is 0 Å². The molecule has 0 aromatic heterocycles. The van der Waals surface area contributed by atoms with Crippen LogP contribution in [0.25, 0.3) is 0 Å². The van der Waals surface area contributed by atoms with Gasteiger partial charge in [0, 0.05) is 12.0 Å². The molecule has 2 amide bonds. The van der Waals surface area contributed by atoms with E-state index in [0.717, 1.165) is 19.3 Å². The molecule has 21 heavy (non-hydrogen) atoms. The predicted octanol–water partition coefficient (Wildman–Crippen LogP) is 2.14. The van der Waals surface area contributed by atoms with Crippen LogP contribution in [0.5, 0.6) is 0 Å². The number of benzene rings is 1. The third-order valence-electron chi connectivity index (χ3n) is 4.62. The van der Waals surface area contributed by atoms with E-state index in [1.807, 2.05) is 13.0 Å². The topological polar surface area (TPSA) is 61.4 Å². The predicted molar refractivity (Wildman–Crippen MR) is 77.4 cm³/mol. The number of urea groups is 1.